The van der Waals surface area contributed by atoms with Crippen molar-refractivity contribution in [2.75, 3.05) is 59.8 Å². The number of hydrogen-bond acceptors (Lipinski definition) is 9. The summed E-state index contributed by atoms with van der Waals surface area (Å²) in [4.78, 5) is 58.1. The lowest BCUT2D eigenvalue weighted by atomic mass is 10.1. The van der Waals surface area contributed by atoms with E-state index < -0.39 is 18.0 Å². The zero-order valence-electron chi connectivity index (χ0n) is 26.2. The third-order valence-electron chi connectivity index (χ3n) is 6.51. The van der Waals surface area contributed by atoms with Crippen molar-refractivity contribution in [1.82, 2.24) is 16.0 Å². The molecule has 0 saturated heterocycles. The van der Waals surface area contributed by atoms with E-state index in [1.807, 2.05) is 0 Å². The summed E-state index contributed by atoms with van der Waals surface area (Å²) in [5.74, 6) is -2.45. The number of aliphatic carboxylic acids is 1. The van der Waals surface area contributed by atoms with Gasteiger partial charge >= 0.3 is 11.9 Å². The molecule has 0 aliphatic rings. The molecule has 0 heterocycles. The maximum atomic E-state index is 12.2. The molecule has 0 fully saturated rings. The monoisotopic (exact) mass is 639 g/mol. The summed E-state index contributed by atoms with van der Waals surface area (Å²) in [7, 11) is 1.54. The average molecular weight is 640 g/mol. The van der Waals surface area contributed by atoms with E-state index in [-0.39, 0.29) is 75.5 Å². The largest absolute Gasteiger partial charge is 0.494 e. The van der Waals surface area contributed by atoms with Crippen LogP contribution in [0.3, 0.4) is 0 Å². The molecule has 0 aromatic heterocycles. The standard InChI is InChI=1S/C31H49N3O11/c1-42-19-16-33-29(37)23-44-22-21-43-20-17-32-27(35)15-14-26(31(40)41)34-28(36)9-7-5-3-2-4-6-8-18-45-25-12-10-24(11-13-25)30(38)39/h10-13,26H,2-9,14-23H2,1H3,(H,32,35)(H,33,37)(H,34,36)(H,38,39)(H,40,41)/t26-/m0/s1. The number of carbonyl (C=O) groups excluding carboxylic acids is 3. The van der Waals surface area contributed by atoms with Gasteiger partial charge in [0.25, 0.3) is 0 Å². The molecule has 254 valence electrons. The van der Waals surface area contributed by atoms with Gasteiger partial charge in [0.1, 0.15) is 18.4 Å². The summed E-state index contributed by atoms with van der Waals surface area (Å²) in [6, 6.07) is 5.18. The molecule has 0 aliphatic heterocycles. The maximum Gasteiger partial charge on any atom is 0.335 e. The molecular formula is C31H49N3O11. The van der Waals surface area contributed by atoms with Crippen LogP contribution in [0.5, 0.6) is 5.75 Å². The van der Waals surface area contributed by atoms with Gasteiger partial charge in [-0.05, 0) is 43.5 Å². The Hall–Kier alpha value is -3.75. The number of carboxylic acid groups (broad SMARTS) is 2. The molecule has 0 bridgehead atoms. The van der Waals surface area contributed by atoms with Crippen LogP contribution in [0, 0.1) is 0 Å². The lowest BCUT2D eigenvalue weighted by Crippen LogP contribution is -2.41. The van der Waals surface area contributed by atoms with Gasteiger partial charge in [0.05, 0.1) is 38.6 Å². The highest BCUT2D eigenvalue weighted by atomic mass is 16.5. The quantitative estimate of drug-likeness (QED) is 0.0842. The predicted molar refractivity (Wildman–Crippen MR) is 164 cm³/mol. The number of rotatable bonds is 28. The van der Waals surface area contributed by atoms with Gasteiger partial charge in [-0.25, -0.2) is 9.59 Å². The van der Waals surface area contributed by atoms with Gasteiger partial charge in [-0.2, -0.15) is 0 Å². The minimum Gasteiger partial charge on any atom is -0.494 e. The smallest absolute Gasteiger partial charge is 0.335 e. The molecule has 14 heteroatoms. The Balaban J connectivity index is 2.01. The molecule has 0 unspecified atom stereocenters. The number of ether oxygens (including phenoxy) is 4. The van der Waals surface area contributed by atoms with E-state index in [0.717, 1.165) is 38.5 Å². The fourth-order valence-electron chi connectivity index (χ4n) is 4.03. The number of aromatic carboxylic acids is 1. The van der Waals surface area contributed by atoms with Gasteiger partial charge in [-0.1, -0.05) is 32.1 Å². The maximum absolute atomic E-state index is 12.2. The van der Waals surface area contributed by atoms with E-state index in [9.17, 15) is 29.1 Å². The molecule has 45 heavy (non-hydrogen) atoms. The Morgan fingerprint density at radius 2 is 1.31 bits per heavy atom. The Morgan fingerprint density at radius 3 is 1.98 bits per heavy atom. The van der Waals surface area contributed by atoms with Crippen molar-refractivity contribution < 1.29 is 53.1 Å². The Bertz CT molecular complexity index is 1010. The summed E-state index contributed by atoms with van der Waals surface area (Å²) in [5.41, 5.74) is 0.222. The number of unbranched alkanes of at least 4 members (excludes halogenated alkanes) is 6. The van der Waals surface area contributed by atoms with Crippen LogP contribution < -0.4 is 20.7 Å². The predicted octanol–water partition coefficient (Wildman–Crippen LogP) is 2.15. The lowest BCUT2D eigenvalue weighted by molar-refractivity contribution is -0.142. The molecule has 1 atom stereocenters. The second kappa shape index (κ2) is 25.6. The highest BCUT2D eigenvalue weighted by Crippen LogP contribution is 2.14. The molecule has 3 amide bonds. The fourth-order valence-corrected chi connectivity index (χ4v) is 4.03. The summed E-state index contributed by atoms with van der Waals surface area (Å²) < 4.78 is 21.0. The zero-order chi connectivity index (χ0) is 33.1. The van der Waals surface area contributed by atoms with Crippen LogP contribution in [0.25, 0.3) is 0 Å². The summed E-state index contributed by atoms with van der Waals surface area (Å²) in [6.45, 7) is 2.25. The third-order valence-corrected chi connectivity index (χ3v) is 6.51. The number of carbonyl (C=O) groups is 5. The van der Waals surface area contributed by atoms with Crippen LogP contribution in [-0.4, -0.2) is 106 Å². The van der Waals surface area contributed by atoms with Crippen LogP contribution in [0.15, 0.2) is 24.3 Å². The molecule has 14 nitrogen and oxygen atoms in total. The Labute approximate surface area is 264 Å². The van der Waals surface area contributed by atoms with E-state index in [2.05, 4.69) is 16.0 Å². The molecule has 0 radical (unpaired) electrons. The second-order valence-electron chi connectivity index (χ2n) is 10.3. The third kappa shape index (κ3) is 21.6. The van der Waals surface area contributed by atoms with Crippen molar-refractivity contribution in [3.63, 3.8) is 0 Å². The fraction of sp³-hybridized carbons (Fsp3) is 0.645. The summed E-state index contributed by atoms with van der Waals surface area (Å²) in [6.07, 6.45) is 6.58. The van der Waals surface area contributed by atoms with Crippen LogP contribution >= 0.6 is 0 Å². The minimum atomic E-state index is -1.19. The highest BCUT2D eigenvalue weighted by molar-refractivity contribution is 5.87. The van der Waals surface area contributed by atoms with Crippen LogP contribution in [0.2, 0.25) is 0 Å². The molecule has 0 spiro atoms. The zero-order valence-corrected chi connectivity index (χ0v) is 26.2. The van der Waals surface area contributed by atoms with Gasteiger partial charge in [0.15, 0.2) is 0 Å². The first-order valence-electron chi connectivity index (χ1n) is 15.4. The number of benzene rings is 1. The first-order chi connectivity index (χ1) is 21.7. The molecule has 0 aliphatic carbocycles. The van der Waals surface area contributed by atoms with Gasteiger partial charge in [0.2, 0.25) is 17.7 Å². The minimum absolute atomic E-state index is 0.0224. The molecule has 0 saturated carbocycles. The number of hydrogen-bond donors (Lipinski definition) is 5. The van der Waals surface area contributed by atoms with Crippen molar-refractivity contribution in [1.29, 1.82) is 0 Å². The molecule has 1 aromatic carbocycles. The van der Waals surface area contributed by atoms with Crippen molar-refractivity contribution >= 4 is 29.7 Å². The van der Waals surface area contributed by atoms with Crippen LogP contribution in [0.1, 0.15) is 74.6 Å². The Kier molecular flexibility index (Phi) is 22.3. The number of nitrogens with one attached hydrogen (secondary N) is 3. The van der Waals surface area contributed by atoms with Crippen LogP contribution in [-0.2, 0) is 33.4 Å². The summed E-state index contributed by atoms with van der Waals surface area (Å²) in [5, 5.41) is 26.1. The van der Waals surface area contributed by atoms with Crippen LogP contribution in [0.4, 0.5) is 0 Å². The first kappa shape index (κ1) is 39.3. The van der Waals surface area contributed by atoms with Gasteiger partial charge in [0, 0.05) is 33.0 Å². The van der Waals surface area contributed by atoms with Gasteiger partial charge in [-0.3, -0.25) is 14.4 Å². The van der Waals surface area contributed by atoms with Crippen molar-refractivity contribution in [2.45, 2.75) is 70.3 Å². The van der Waals surface area contributed by atoms with Crippen molar-refractivity contribution in [2.24, 2.45) is 0 Å². The number of carboxylic acids is 2. The molecular weight excluding hydrogens is 590 g/mol. The molecule has 1 rings (SSSR count). The van der Waals surface area contributed by atoms with E-state index in [4.69, 9.17) is 24.1 Å². The molecule has 5 N–H and O–H groups in total. The van der Waals surface area contributed by atoms with E-state index in [1.54, 1.807) is 19.2 Å². The summed E-state index contributed by atoms with van der Waals surface area (Å²) >= 11 is 0. The highest BCUT2D eigenvalue weighted by Gasteiger charge is 2.20. The Morgan fingerprint density at radius 1 is 0.689 bits per heavy atom. The van der Waals surface area contributed by atoms with Crippen molar-refractivity contribution in [3.8, 4) is 5.75 Å². The van der Waals surface area contributed by atoms with Crippen molar-refractivity contribution in [3.05, 3.63) is 29.8 Å². The van der Waals surface area contributed by atoms with E-state index in [1.165, 1.54) is 12.1 Å². The van der Waals surface area contributed by atoms with E-state index >= 15 is 0 Å². The SMILES string of the molecule is COCCNC(=O)COCCOCCNC(=O)CC[C@H](NC(=O)CCCCCCCCCOc1ccc(C(=O)O)cc1)C(=O)O. The number of amides is 3. The topological polar surface area (TPSA) is 199 Å². The molecule has 1 aromatic rings. The van der Waals surface area contributed by atoms with E-state index in [0.29, 0.717) is 31.9 Å². The average Bonchev–Trinajstić information content (AvgIpc) is 3.01. The second-order valence-corrected chi connectivity index (χ2v) is 10.3. The van der Waals surface area contributed by atoms with Gasteiger partial charge in [-0.15, -0.1) is 0 Å². The normalized spacial score (nSPS) is 11.4. The lowest BCUT2D eigenvalue weighted by Gasteiger charge is -2.14. The first-order valence-corrected chi connectivity index (χ1v) is 15.4. The number of methoxy groups -OCH3 is 1. The van der Waals surface area contributed by atoms with Gasteiger partial charge < -0.3 is 45.1 Å².